The van der Waals surface area contributed by atoms with E-state index in [2.05, 4.69) is 5.32 Å². The number of nitrogen functional groups attached to an aromatic ring is 1. The van der Waals surface area contributed by atoms with E-state index >= 15 is 0 Å². The lowest BCUT2D eigenvalue weighted by molar-refractivity contribution is -0.127. The first-order valence-electron chi connectivity index (χ1n) is 6.60. The molecule has 5 heteroatoms. The molecule has 0 aromatic heterocycles. The summed E-state index contributed by atoms with van der Waals surface area (Å²) >= 11 is 0. The normalized spacial score (nSPS) is 21.8. The summed E-state index contributed by atoms with van der Waals surface area (Å²) in [6.07, 6.45) is 3.82. The molecule has 3 amide bonds. The van der Waals surface area contributed by atoms with Gasteiger partial charge in [-0.15, -0.1) is 0 Å². The Hall–Kier alpha value is -2.04. The third-order valence-electron chi connectivity index (χ3n) is 4.15. The van der Waals surface area contributed by atoms with Crippen molar-refractivity contribution in [2.75, 3.05) is 17.2 Å². The summed E-state index contributed by atoms with van der Waals surface area (Å²) in [6.45, 7) is 0.468. The Morgan fingerprint density at radius 3 is 2.37 bits per heavy atom. The largest absolute Gasteiger partial charge is 0.399 e. The molecule has 1 heterocycles. The van der Waals surface area contributed by atoms with Crippen LogP contribution in [0.25, 0.3) is 0 Å². The van der Waals surface area contributed by atoms with E-state index in [1.807, 2.05) is 0 Å². The zero-order chi connectivity index (χ0) is 13.5. The number of rotatable bonds is 1. The highest BCUT2D eigenvalue weighted by molar-refractivity contribution is 6.18. The van der Waals surface area contributed by atoms with Gasteiger partial charge in [-0.25, -0.2) is 9.69 Å². The first-order valence-corrected chi connectivity index (χ1v) is 6.60. The van der Waals surface area contributed by atoms with E-state index < -0.39 is 5.41 Å². The number of urea groups is 1. The topological polar surface area (TPSA) is 75.4 Å². The highest BCUT2D eigenvalue weighted by atomic mass is 16.2. The molecule has 1 aliphatic heterocycles. The van der Waals surface area contributed by atoms with Crippen LogP contribution in [0.1, 0.15) is 25.7 Å². The first kappa shape index (κ1) is 12.0. The number of anilines is 2. The van der Waals surface area contributed by atoms with Gasteiger partial charge in [0.05, 0.1) is 11.1 Å². The number of benzene rings is 1. The van der Waals surface area contributed by atoms with Crippen molar-refractivity contribution in [3.05, 3.63) is 24.3 Å². The highest BCUT2D eigenvalue weighted by Gasteiger charge is 2.49. The van der Waals surface area contributed by atoms with Crippen LogP contribution in [0, 0.1) is 5.41 Å². The van der Waals surface area contributed by atoms with Gasteiger partial charge in [0.25, 0.3) is 0 Å². The Balaban J connectivity index is 1.96. The molecule has 19 heavy (non-hydrogen) atoms. The second kappa shape index (κ2) is 4.26. The molecule has 100 valence electrons. The number of hydrogen-bond donors (Lipinski definition) is 2. The van der Waals surface area contributed by atoms with Gasteiger partial charge in [-0.2, -0.15) is 0 Å². The molecular weight excluding hydrogens is 242 g/mol. The minimum absolute atomic E-state index is 0.0708. The molecule has 1 saturated carbocycles. The zero-order valence-corrected chi connectivity index (χ0v) is 10.7. The van der Waals surface area contributed by atoms with E-state index in [-0.39, 0.29) is 11.9 Å². The van der Waals surface area contributed by atoms with Crippen LogP contribution < -0.4 is 16.0 Å². The monoisotopic (exact) mass is 259 g/mol. The highest BCUT2D eigenvalue weighted by Crippen LogP contribution is 2.41. The average Bonchev–Trinajstić information content (AvgIpc) is 2.87. The fraction of sp³-hybridized carbons (Fsp3) is 0.429. The number of amides is 3. The second-order valence-corrected chi connectivity index (χ2v) is 5.38. The Labute approximate surface area is 111 Å². The van der Waals surface area contributed by atoms with E-state index in [1.165, 1.54) is 4.90 Å². The van der Waals surface area contributed by atoms with Gasteiger partial charge in [0.1, 0.15) is 0 Å². The lowest BCUT2D eigenvalue weighted by Gasteiger charge is -2.38. The van der Waals surface area contributed by atoms with Crippen LogP contribution in [0.15, 0.2) is 24.3 Å². The summed E-state index contributed by atoms with van der Waals surface area (Å²) in [5, 5.41) is 2.84. The van der Waals surface area contributed by atoms with Crippen LogP contribution in [-0.2, 0) is 4.79 Å². The average molecular weight is 259 g/mol. The number of carbonyl (C=O) groups is 2. The quantitative estimate of drug-likeness (QED) is 0.756. The molecule has 2 fully saturated rings. The van der Waals surface area contributed by atoms with Crippen LogP contribution in [0.2, 0.25) is 0 Å². The molecular formula is C14H17N3O2. The van der Waals surface area contributed by atoms with Gasteiger partial charge in [-0.05, 0) is 37.1 Å². The Morgan fingerprint density at radius 1 is 1.11 bits per heavy atom. The summed E-state index contributed by atoms with van der Waals surface area (Å²) in [4.78, 5) is 25.9. The zero-order valence-electron chi connectivity index (χ0n) is 10.7. The van der Waals surface area contributed by atoms with E-state index in [1.54, 1.807) is 24.3 Å². The number of carbonyl (C=O) groups excluding carboxylic acids is 2. The van der Waals surface area contributed by atoms with Crippen molar-refractivity contribution >= 4 is 23.3 Å². The molecule has 0 atom stereocenters. The first-order chi connectivity index (χ1) is 9.12. The maximum Gasteiger partial charge on any atom is 0.328 e. The molecule has 3 N–H and O–H groups in total. The van der Waals surface area contributed by atoms with Gasteiger partial charge in [0.15, 0.2) is 0 Å². The summed E-state index contributed by atoms with van der Waals surface area (Å²) < 4.78 is 0. The van der Waals surface area contributed by atoms with Crippen LogP contribution >= 0.6 is 0 Å². The smallest absolute Gasteiger partial charge is 0.328 e. The Bertz CT molecular complexity index is 518. The minimum atomic E-state index is -0.394. The van der Waals surface area contributed by atoms with Crippen molar-refractivity contribution in [1.29, 1.82) is 0 Å². The number of nitrogens with zero attached hydrogens (tertiary/aromatic N) is 1. The fourth-order valence-electron chi connectivity index (χ4n) is 3.03. The standard InChI is InChI=1S/C14H17N3O2/c15-10-3-5-11(6-4-10)17-12(18)14(7-1-2-8-14)9-16-13(17)19/h3-6H,1-2,7-9,15H2,(H,16,19). The molecule has 3 rings (SSSR count). The van der Waals surface area contributed by atoms with Crippen LogP contribution in [0.4, 0.5) is 16.2 Å². The van der Waals surface area contributed by atoms with Gasteiger partial charge >= 0.3 is 6.03 Å². The molecule has 0 unspecified atom stereocenters. The molecule has 1 aliphatic carbocycles. The van der Waals surface area contributed by atoms with Gasteiger partial charge in [0, 0.05) is 12.2 Å². The molecule has 1 saturated heterocycles. The third-order valence-corrected chi connectivity index (χ3v) is 4.15. The molecule has 1 aromatic rings. The molecule has 0 bridgehead atoms. The van der Waals surface area contributed by atoms with Crippen molar-refractivity contribution < 1.29 is 9.59 Å². The lowest BCUT2D eigenvalue weighted by Crippen LogP contribution is -2.60. The van der Waals surface area contributed by atoms with E-state index in [0.29, 0.717) is 17.9 Å². The van der Waals surface area contributed by atoms with Crippen molar-refractivity contribution in [2.45, 2.75) is 25.7 Å². The number of imide groups is 1. The fourth-order valence-corrected chi connectivity index (χ4v) is 3.03. The molecule has 2 aliphatic rings. The maximum atomic E-state index is 12.7. The number of hydrogen-bond acceptors (Lipinski definition) is 3. The van der Waals surface area contributed by atoms with Crippen molar-refractivity contribution in [2.24, 2.45) is 5.41 Å². The van der Waals surface area contributed by atoms with Crippen LogP contribution in [-0.4, -0.2) is 18.5 Å². The Kier molecular flexibility index (Phi) is 2.69. The van der Waals surface area contributed by atoms with E-state index in [9.17, 15) is 9.59 Å². The summed E-state index contributed by atoms with van der Waals surface area (Å²) in [6, 6.07) is 6.48. The molecule has 0 radical (unpaired) electrons. The SMILES string of the molecule is Nc1ccc(N2C(=O)NCC3(CCCC3)C2=O)cc1. The van der Waals surface area contributed by atoms with E-state index in [4.69, 9.17) is 5.73 Å². The minimum Gasteiger partial charge on any atom is -0.399 e. The predicted octanol–water partition coefficient (Wildman–Crippen LogP) is 1.89. The number of nitrogens with two attached hydrogens (primary N) is 1. The summed E-state index contributed by atoms with van der Waals surface area (Å²) in [5.74, 6) is -0.0708. The maximum absolute atomic E-state index is 12.7. The lowest BCUT2D eigenvalue weighted by atomic mass is 9.83. The van der Waals surface area contributed by atoms with Gasteiger partial charge in [0.2, 0.25) is 5.91 Å². The van der Waals surface area contributed by atoms with Gasteiger partial charge in [-0.1, -0.05) is 12.8 Å². The van der Waals surface area contributed by atoms with Crippen molar-refractivity contribution in [3.8, 4) is 0 Å². The van der Waals surface area contributed by atoms with Gasteiger partial charge < -0.3 is 11.1 Å². The number of nitrogens with one attached hydrogen (secondary N) is 1. The van der Waals surface area contributed by atoms with Crippen LogP contribution in [0.3, 0.4) is 0 Å². The second-order valence-electron chi connectivity index (χ2n) is 5.38. The Morgan fingerprint density at radius 2 is 1.74 bits per heavy atom. The summed E-state index contributed by atoms with van der Waals surface area (Å²) in [7, 11) is 0. The molecule has 1 aromatic carbocycles. The van der Waals surface area contributed by atoms with Crippen molar-refractivity contribution in [3.63, 3.8) is 0 Å². The van der Waals surface area contributed by atoms with E-state index in [0.717, 1.165) is 25.7 Å². The predicted molar refractivity (Wildman–Crippen MR) is 72.6 cm³/mol. The third kappa shape index (κ3) is 1.85. The van der Waals surface area contributed by atoms with Crippen molar-refractivity contribution in [1.82, 2.24) is 5.32 Å². The van der Waals surface area contributed by atoms with Gasteiger partial charge in [-0.3, -0.25) is 4.79 Å². The molecule has 1 spiro atoms. The summed E-state index contributed by atoms with van der Waals surface area (Å²) in [5.41, 5.74) is 6.44. The molecule has 5 nitrogen and oxygen atoms in total. The van der Waals surface area contributed by atoms with Crippen LogP contribution in [0.5, 0.6) is 0 Å².